The number of benzene rings is 2. The Morgan fingerprint density at radius 2 is 1.85 bits per heavy atom. The summed E-state index contributed by atoms with van der Waals surface area (Å²) in [5.41, 5.74) is 1.65. The summed E-state index contributed by atoms with van der Waals surface area (Å²) in [6, 6.07) is 11.0. The Hall–Kier alpha value is -2.67. The van der Waals surface area contributed by atoms with Crippen LogP contribution in [-0.4, -0.2) is 45.7 Å². The molecule has 0 fully saturated rings. The molecule has 0 heterocycles. The molecule has 0 amide bonds. The van der Waals surface area contributed by atoms with Crippen LogP contribution in [0.15, 0.2) is 47.5 Å². The van der Waals surface area contributed by atoms with Crippen LogP contribution in [0, 0.1) is 11.6 Å². The lowest BCUT2D eigenvalue weighted by molar-refractivity contribution is 0.106. The van der Waals surface area contributed by atoms with Crippen LogP contribution in [0.3, 0.4) is 0 Å². The van der Waals surface area contributed by atoms with Gasteiger partial charge in [-0.2, -0.15) is 0 Å². The first-order valence-electron chi connectivity index (χ1n) is 8.51. The third kappa shape index (κ3) is 5.65. The molecule has 0 aliphatic carbocycles. The molecule has 0 aliphatic rings. The summed E-state index contributed by atoms with van der Waals surface area (Å²) < 4.78 is 37.4. The molecular weight excluding hydrogens is 352 g/mol. The first-order chi connectivity index (χ1) is 13.0. The first kappa shape index (κ1) is 20.6. The van der Waals surface area contributed by atoms with Gasteiger partial charge in [0.15, 0.2) is 17.5 Å². The smallest absolute Gasteiger partial charge is 0.193 e. The molecule has 7 heteroatoms. The second kappa shape index (κ2) is 9.87. The lowest BCUT2D eigenvalue weighted by atomic mass is 10.1. The van der Waals surface area contributed by atoms with Gasteiger partial charge in [0.2, 0.25) is 0 Å². The molecule has 0 aromatic heterocycles. The van der Waals surface area contributed by atoms with E-state index in [0.717, 1.165) is 11.1 Å². The van der Waals surface area contributed by atoms with E-state index in [1.807, 2.05) is 18.0 Å². The molecule has 0 saturated carbocycles. The zero-order valence-electron chi connectivity index (χ0n) is 16.0. The van der Waals surface area contributed by atoms with Crippen molar-refractivity contribution in [1.82, 2.24) is 10.2 Å². The number of ether oxygens (including phenoxy) is 2. The number of methoxy groups -OCH3 is 2. The average Bonchev–Trinajstić information content (AvgIpc) is 2.66. The molecule has 5 nitrogen and oxygen atoms in total. The molecule has 1 atom stereocenters. The van der Waals surface area contributed by atoms with Crippen LogP contribution in [0.1, 0.15) is 17.2 Å². The molecule has 0 spiro atoms. The van der Waals surface area contributed by atoms with E-state index in [0.29, 0.717) is 19.0 Å². The van der Waals surface area contributed by atoms with Gasteiger partial charge in [-0.1, -0.05) is 18.2 Å². The molecule has 1 N–H and O–H groups in total. The van der Waals surface area contributed by atoms with Crippen molar-refractivity contribution < 1.29 is 18.3 Å². The first-order valence-corrected chi connectivity index (χ1v) is 8.51. The van der Waals surface area contributed by atoms with Gasteiger partial charge < -0.3 is 19.7 Å². The Bertz CT molecular complexity index is 766. The normalized spacial score (nSPS) is 12.6. The van der Waals surface area contributed by atoms with Gasteiger partial charge in [0.05, 0.1) is 13.2 Å². The average molecular weight is 377 g/mol. The van der Waals surface area contributed by atoms with E-state index in [9.17, 15) is 8.78 Å². The fraction of sp³-hybridized carbons (Fsp3) is 0.350. The topological polar surface area (TPSA) is 46.1 Å². The van der Waals surface area contributed by atoms with E-state index in [1.165, 1.54) is 25.3 Å². The minimum Gasteiger partial charge on any atom is -0.494 e. The Balaban J connectivity index is 1.99. The molecule has 0 saturated heterocycles. The maximum absolute atomic E-state index is 13.9. The van der Waals surface area contributed by atoms with Gasteiger partial charge in [-0.3, -0.25) is 4.99 Å². The van der Waals surface area contributed by atoms with Crippen molar-refractivity contribution in [3.8, 4) is 5.75 Å². The van der Waals surface area contributed by atoms with Gasteiger partial charge in [0.25, 0.3) is 0 Å². The zero-order valence-corrected chi connectivity index (χ0v) is 16.0. The van der Waals surface area contributed by atoms with E-state index < -0.39 is 5.82 Å². The van der Waals surface area contributed by atoms with Crippen molar-refractivity contribution in [3.63, 3.8) is 0 Å². The SMILES string of the molecule is CN=C(NCC(OC)c1ccc(F)cc1)N(C)Cc1ccc(OC)c(F)c1. The third-order valence-corrected chi connectivity index (χ3v) is 4.18. The Morgan fingerprint density at radius 1 is 1.15 bits per heavy atom. The molecule has 2 aromatic rings. The predicted octanol–water partition coefficient (Wildman–Crippen LogP) is 3.37. The molecule has 2 rings (SSSR count). The van der Waals surface area contributed by atoms with Crippen LogP contribution in [0.5, 0.6) is 5.75 Å². The van der Waals surface area contributed by atoms with Gasteiger partial charge in [-0.25, -0.2) is 8.78 Å². The Labute approximate surface area is 158 Å². The number of guanidine groups is 1. The van der Waals surface area contributed by atoms with Crippen molar-refractivity contribution in [1.29, 1.82) is 0 Å². The van der Waals surface area contributed by atoms with Crippen LogP contribution < -0.4 is 10.1 Å². The highest BCUT2D eigenvalue weighted by Gasteiger charge is 2.14. The zero-order chi connectivity index (χ0) is 19.8. The molecule has 0 bridgehead atoms. The largest absolute Gasteiger partial charge is 0.494 e. The van der Waals surface area contributed by atoms with Crippen molar-refractivity contribution in [3.05, 3.63) is 65.2 Å². The lowest BCUT2D eigenvalue weighted by Crippen LogP contribution is -2.40. The van der Waals surface area contributed by atoms with Crippen LogP contribution in [0.4, 0.5) is 8.78 Å². The van der Waals surface area contributed by atoms with E-state index in [1.54, 1.807) is 32.4 Å². The summed E-state index contributed by atoms with van der Waals surface area (Å²) in [6.07, 6.45) is -0.255. The van der Waals surface area contributed by atoms with E-state index >= 15 is 0 Å². The third-order valence-electron chi connectivity index (χ3n) is 4.18. The highest BCUT2D eigenvalue weighted by atomic mass is 19.1. The van der Waals surface area contributed by atoms with Crippen LogP contribution in [0.25, 0.3) is 0 Å². The number of aliphatic imine (C=N–C) groups is 1. The summed E-state index contributed by atoms with van der Waals surface area (Å²) in [5, 5.41) is 3.23. The standard InChI is InChI=1S/C20H25F2N3O2/c1-23-20(24-12-19(27-4)15-6-8-16(21)9-7-15)25(2)13-14-5-10-18(26-3)17(22)11-14/h5-11,19H,12-13H2,1-4H3,(H,23,24). The minimum atomic E-state index is -0.401. The Kier molecular flexibility index (Phi) is 7.55. The summed E-state index contributed by atoms with van der Waals surface area (Å²) in [5.74, 6) is 0.160. The molecular formula is C20H25F2N3O2. The number of rotatable bonds is 7. The molecule has 2 aromatic carbocycles. The number of nitrogens with zero attached hydrogens (tertiary/aromatic N) is 2. The molecule has 0 radical (unpaired) electrons. The molecule has 1 unspecified atom stereocenters. The molecule has 27 heavy (non-hydrogen) atoms. The second-order valence-corrected chi connectivity index (χ2v) is 6.03. The number of hydrogen-bond donors (Lipinski definition) is 1. The summed E-state index contributed by atoms with van der Waals surface area (Å²) in [7, 11) is 6.57. The van der Waals surface area contributed by atoms with Crippen molar-refractivity contribution in [2.75, 3.05) is 34.9 Å². The van der Waals surface area contributed by atoms with Crippen molar-refractivity contribution in [2.45, 2.75) is 12.6 Å². The highest BCUT2D eigenvalue weighted by molar-refractivity contribution is 5.79. The second-order valence-electron chi connectivity index (χ2n) is 6.03. The quantitative estimate of drug-likeness (QED) is 0.594. The fourth-order valence-electron chi connectivity index (χ4n) is 2.74. The van der Waals surface area contributed by atoms with Crippen molar-refractivity contribution in [2.24, 2.45) is 4.99 Å². The van der Waals surface area contributed by atoms with E-state index in [-0.39, 0.29) is 17.7 Å². The fourth-order valence-corrected chi connectivity index (χ4v) is 2.74. The maximum Gasteiger partial charge on any atom is 0.193 e. The van der Waals surface area contributed by atoms with Gasteiger partial charge in [-0.05, 0) is 35.4 Å². The van der Waals surface area contributed by atoms with Crippen LogP contribution >= 0.6 is 0 Å². The van der Waals surface area contributed by atoms with E-state index in [2.05, 4.69) is 10.3 Å². The van der Waals surface area contributed by atoms with E-state index in [4.69, 9.17) is 9.47 Å². The monoisotopic (exact) mass is 377 g/mol. The van der Waals surface area contributed by atoms with Gasteiger partial charge in [0, 0.05) is 34.3 Å². The number of nitrogens with one attached hydrogen (secondary N) is 1. The minimum absolute atomic E-state index is 0.214. The van der Waals surface area contributed by atoms with Crippen molar-refractivity contribution >= 4 is 5.96 Å². The molecule has 0 aliphatic heterocycles. The molecule has 146 valence electrons. The lowest BCUT2D eigenvalue weighted by Gasteiger charge is -2.24. The summed E-state index contributed by atoms with van der Waals surface area (Å²) >= 11 is 0. The maximum atomic E-state index is 13.9. The van der Waals surface area contributed by atoms with Crippen LogP contribution in [0.2, 0.25) is 0 Å². The summed E-state index contributed by atoms with van der Waals surface area (Å²) in [4.78, 5) is 6.13. The predicted molar refractivity (Wildman–Crippen MR) is 102 cm³/mol. The van der Waals surface area contributed by atoms with Gasteiger partial charge >= 0.3 is 0 Å². The highest BCUT2D eigenvalue weighted by Crippen LogP contribution is 2.19. The summed E-state index contributed by atoms with van der Waals surface area (Å²) in [6.45, 7) is 0.922. The van der Waals surface area contributed by atoms with Gasteiger partial charge in [-0.15, -0.1) is 0 Å². The Morgan fingerprint density at radius 3 is 2.41 bits per heavy atom. The number of halogens is 2. The number of hydrogen-bond acceptors (Lipinski definition) is 3. The van der Waals surface area contributed by atoms with Crippen LogP contribution in [-0.2, 0) is 11.3 Å². The van der Waals surface area contributed by atoms with Gasteiger partial charge in [0.1, 0.15) is 5.82 Å².